The molecule has 0 aliphatic heterocycles. The summed E-state index contributed by atoms with van der Waals surface area (Å²) in [4.78, 5) is 73.0. The van der Waals surface area contributed by atoms with Crippen LogP contribution in [0.4, 0.5) is 0 Å². The van der Waals surface area contributed by atoms with Crippen LogP contribution < -0.4 is 0 Å². The van der Waals surface area contributed by atoms with Gasteiger partial charge in [0.2, 0.25) is 0 Å². The highest BCUT2D eigenvalue weighted by atomic mass is 31.2. The molecule has 0 saturated heterocycles. The topological polar surface area (TPSA) is 237 Å². The third-order valence-corrected chi connectivity index (χ3v) is 22.0. The molecular formula is C84H164O17P2. The molecule has 0 bridgehead atoms. The lowest BCUT2D eigenvalue weighted by molar-refractivity contribution is -0.161. The van der Waals surface area contributed by atoms with Crippen molar-refractivity contribution >= 4 is 39.5 Å². The molecule has 0 heterocycles. The molecule has 0 spiro atoms. The summed E-state index contributed by atoms with van der Waals surface area (Å²) in [5, 5.41) is 10.6. The van der Waals surface area contributed by atoms with Crippen LogP contribution in [0, 0.1) is 5.92 Å². The first kappa shape index (κ1) is 101. The predicted octanol–water partition coefficient (Wildman–Crippen LogP) is 25.6. The largest absolute Gasteiger partial charge is 0.472 e. The molecule has 3 N–H and O–H groups in total. The molecule has 103 heavy (non-hydrogen) atoms. The lowest BCUT2D eigenvalue weighted by atomic mass is 9.99. The van der Waals surface area contributed by atoms with Gasteiger partial charge >= 0.3 is 39.5 Å². The maximum absolute atomic E-state index is 13.1. The van der Waals surface area contributed by atoms with Crippen LogP contribution in [-0.2, 0) is 65.4 Å². The first-order valence-corrected chi connectivity index (χ1v) is 46.7. The summed E-state index contributed by atoms with van der Waals surface area (Å²) >= 11 is 0. The van der Waals surface area contributed by atoms with Gasteiger partial charge in [-0.3, -0.25) is 37.3 Å². The van der Waals surface area contributed by atoms with Gasteiger partial charge in [-0.1, -0.05) is 401 Å². The third-order valence-electron chi connectivity index (χ3n) is 20.1. The van der Waals surface area contributed by atoms with Gasteiger partial charge in [0.15, 0.2) is 12.2 Å². The number of hydrogen-bond acceptors (Lipinski definition) is 15. The molecule has 0 aromatic rings. The molecule has 0 aromatic carbocycles. The minimum Gasteiger partial charge on any atom is -0.462 e. The highest BCUT2D eigenvalue weighted by molar-refractivity contribution is 7.47. The van der Waals surface area contributed by atoms with E-state index in [1.165, 1.54) is 263 Å². The predicted molar refractivity (Wildman–Crippen MR) is 423 cm³/mol. The molecule has 0 fully saturated rings. The van der Waals surface area contributed by atoms with Crippen molar-refractivity contribution in [3.05, 3.63) is 0 Å². The molecule has 19 heteroatoms. The van der Waals surface area contributed by atoms with Crippen LogP contribution in [0.25, 0.3) is 0 Å². The van der Waals surface area contributed by atoms with Gasteiger partial charge in [-0.25, -0.2) is 9.13 Å². The fourth-order valence-electron chi connectivity index (χ4n) is 13.1. The minimum atomic E-state index is -4.96. The van der Waals surface area contributed by atoms with E-state index in [2.05, 4.69) is 34.6 Å². The highest BCUT2D eigenvalue weighted by Crippen LogP contribution is 2.45. The zero-order valence-electron chi connectivity index (χ0n) is 67.5. The first-order chi connectivity index (χ1) is 50.1. The molecule has 0 radical (unpaired) electrons. The molecule has 612 valence electrons. The number of rotatable bonds is 84. The lowest BCUT2D eigenvalue weighted by Gasteiger charge is -2.21. The molecule has 3 unspecified atom stereocenters. The van der Waals surface area contributed by atoms with Gasteiger partial charge in [0.1, 0.15) is 19.3 Å². The van der Waals surface area contributed by atoms with Crippen molar-refractivity contribution in [2.45, 2.75) is 470 Å². The lowest BCUT2D eigenvalue weighted by Crippen LogP contribution is -2.30. The number of carbonyl (C=O) groups is 4. The van der Waals surface area contributed by atoms with E-state index < -0.39 is 97.5 Å². The molecule has 0 aromatic heterocycles. The van der Waals surface area contributed by atoms with E-state index in [1.54, 1.807) is 0 Å². The van der Waals surface area contributed by atoms with E-state index >= 15 is 0 Å². The Hall–Kier alpha value is -1.94. The Morgan fingerprint density at radius 2 is 0.466 bits per heavy atom. The van der Waals surface area contributed by atoms with Gasteiger partial charge in [-0.2, -0.15) is 0 Å². The Balaban J connectivity index is 5.16. The molecule has 0 aliphatic rings. The van der Waals surface area contributed by atoms with E-state index in [4.69, 9.17) is 37.0 Å². The van der Waals surface area contributed by atoms with Gasteiger partial charge in [0.25, 0.3) is 0 Å². The highest BCUT2D eigenvalue weighted by Gasteiger charge is 2.30. The maximum atomic E-state index is 13.1. The van der Waals surface area contributed by atoms with Crippen molar-refractivity contribution in [2.75, 3.05) is 39.6 Å². The van der Waals surface area contributed by atoms with Gasteiger partial charge in [-0.15, -0.1) is 0 Å². The zero-order chi connectivity index (χ0) is 75.5. The quantitative estimate of drug-likeness (QED) is 0.0222. The fraction of sp³-hybridized carbons (Fsp3) is 0.952. The molecular weight excluding hydrogens is 1340 g/mol. The smallest absolute Gasteiger partial charge is 0.462 e. The number of esters is 4. The second-order valence-corrected chi connectivity index (χ2v) is 33.4. The number of aliphatic hydroxyl groups excluding tert-OH is 1. The third kappa shape index (κ3) is 76.6. The molecule has 0 amide bonds. The number of unbranched alkanes of at least 4 members (excludes halogenated alkanes) is 55. The maximum Gasteiger partial charge on any atom is 0.472 e. The second kappa shape index (κ2) is 76.8. The Morgan fingerprint density at radius 1 is 0.272 bits per heavy atom. The van der Waals surface area contributed by atoms with Gasteiger partial charge in [-0.05, 0) is 31.6 Å². The van der Waals surface area contributed by atoms with E-state index in [0.29, 0.717) is 25.7 Å². The van der Waals surface area contributed by atoms with Gasteiger partial charge < -0.3 is 33.8 Å². The summed E-state index contributed by atoms with van der Waals surface area (Å²) in [5.74, 6) is -1.26. The fourth-order valence-corrected chi connectivity index (χ4v) is 14.7. The molecule has 17 nitrogen and oxygen atoms in total. The Morgan fingerprint density at radius 3 is 0.689 bits per heavy atom. The van der Waals surface area contributed by atoms with Crippen LogP contribution in [0.3, 0.4) is 0 Å². The van der Waals surface area contributed by atoms with Crippen molar-refractivity contribution in [3.63, 3.8) is 0 Å². The van der Waals surface area contributed by atoms with Crippen LogP contribution in [0.15, 0.2) is 0 Å². The van der Waals surface area contributed by atoms with Crippen molar-refractivity contribution < 1.29 is 80.2 Å². The summed E-state index contributed by atoms with van der Waals surface area (Å²) in [7, 11) is -9.92. The molecule has 0 saturated carbocycles. The van der Waals surface area contributed by atoms with Crippen molar-refractivity contribution in [2.24, 2.45) is 5.92 Å². The first-order valence-electron chi connectivity index (χ1n) is 43.7. The van der Waals surface area contributed by atoms with E-state index in [0.717, 1.165) is 109 Å². The zero-order valence-corrected chi connectivity index (χ0v) is 69.3. The van der Waals surface area contributed by atoms with E-state index in [9.17, 15) is 43.2 Å². The SMILES string of the molecule is CCCCCCCCCCCCCCCCCCCCCCCCC(=O)O[C@H](COC(=O)CCCCCCCCCCCCCCCCC(C)CC)COP(=O)(O)OC[C@@H](O)COP(=O)(O)OC[C@@H](COC(=O)CCCCCCCCC)OC(=O)CCCCCCCCCCCCCCCCCC. The number of phosphoric acid groups is 2. The molecule has 6 atom stereocenters. The molecule has 0 rings (SSSR count). The monoisotopic (exact) mass is 1510 g/mol. The molecule has 0 aliphatic carbocycles. The van der Waals surface area contributed by atoms with Gasteiger partial charge in [0.05, 0.1) is 26.4 Å². The second-order valence-electron chi connectivity index (χ2n) is 30.5. The Labute approximate surface area is 632 Å². The summed E-state index contributed by atoms with van der Waals surface area (Å²) < 4.78 is 68.7. The average molecular weight is 1510 g/mol. The van der Waals surface area contributed by atoms with Crippen LogP contribution in [0.5, 0.6) is 0 Å². The van der Waals surface area contributed by atoms with Crippen molar-refractivity contribution in [3.8, 4) is 0 Å². The van der Waals surface area contributed by atoms with Crippen LogP contribution in [0.2, 0.25) is 0 Å². The number of aliphatic hydroxyl groups is 1. The normalized spacial score (nSPS) is 14.1. The number of phosphoric ester groups is 2. The Kier molecular flexibility index (Phi) is 75.4. The van der Waals surface area contributed by atoms with E-state index in [1.807, 2.05) is 0 Å². The number of carbonyl (C=O) groups excluding carboxylic acids is 4. The average Bonchev–Trinajstić information content (AvgIpc) is 0.964. The summed E-state index contributed by atoms with van der Waals surface area (Å²) in [6.45, 7) is 7.36. The summed E-state index contributed by atoms with van der Waals surface area (Å²) in [6.07, 6.45) is 69.6. The minimum absolute atomic E-state index is 0.108. The Bertz CT molecular complexity index is 1960. The number of hydrogen-bond donors (Lipinski definition) is 3. The van der Waals surface area contributed by atoms with Gasteiger partial charge in [0, 0.05) is 25.7 Å². The van der Waals surface area contributed by atoms with Crippen LogP contribution >= 0.6 is 15.6 Å². The summed E-state index contributed by atoms with van der Waals surface area (Å²) in [6, 6.07) is 0. The standard InChI is InChI=1S/C84H164O17P2/c1-6-10-13-16-19-21-23-25-27-29-30-31-32-33-34-36-42-46-50-55-60-65-70-84(89)101-80(74-95-82(87)68-63-58-53-48-44-40-38-37-39-43-47-52-56-61-66-77(5)9-4)76-99-103(92,93)97-72-78(85)71-96-102(90,91)98-75-79(73-94-81(86)67-62-57-51-18-15-12-8-3)100-83(88)69-64-59-54-49-45-41-35-28-26-24-22-20-17-14-11-7-2/h77-80,85H,6-76H2,1-5H3,(H,90,91)(H,92,93)/t77?,78-,79+,80+/m0/s1. The number of ether oxygens (including phenoxy) is 4. The van der Waals surface area contributed by atoms with Crippen LogP contribution in [-0.4, -0.2) is 96.7 Å². The van der Waals surface area contributed by atoms with Crippen molar-refractivity contribution in [1.82, 2.24) is 0 Å². The van der Waals surface area contributed by atoms with Crippen LogP contribution in [0.1, 0.15) is 452 Å². The van der Waals surface area contributed by atoms with Crippen molar-refractivity contribution in [1.29, 1.82) is 0 Å². The van der Waals surface area contributed by atoms with E-state index in [-0.39, 0.29) is 25.7 Å². The summed E-state index contributed by atoms with van der Waals surface area (Å²) in [5.41, 5.74) is 0.